The summed E-state index contributed by atoms with van der Waals surface area (Å²) in [7, 11) is 0. The van der Waals surface area contributed by atoms with Gasteiger partial charge in [0.2, 0.25) is 0 Å². The van der Waals surface area contributed by atoms with Gasteiger partial charge in [0.05, 0.1) is 6.61 Å². The molecule has 0 fully saturated rings. The number of amides is 1. The Bertz CT molecular complexity index is 994. The summed E-state index contributed by atoms with van der Waals surface area (Å²) in [5, 5.41) is 2.87. The second-order valence-electron chi connectivity index (χ2n) is 7.77. The number of carbonyl (C=O) groups is 1. The number of fused-ring (bicyclic) bond motifs is 1. The van der Waals surface area contributed by atoms with Crippen molar-refractivity contribution in [2.75, 3.05) is 26.2 Å². The lowest BCUT2D eigenvalue weighted by Crippen LogP contribution is -2.31. The van der Waals surface area contributed by atoms with Crippen LogP contribution in [0.1, 0.15) is 33.5 Å². The number of carbonyl (C=O) groups excluding carboxylic acids is 1. The Morgan fingerprint density at radius 2 is 1.76 bits per heavy atom. The number of halogens is 3. The molecule has 0 unspecified atom stereocenters. The molecule has 0 aliphatic carbocycles. The van der Waals surface area contributed by atoms with Crippen LogP contribution >= 0.6 is 37.2 Å². The van der Waals surface area contributed by atoms with E-state index < -0.39 is 0 Å². The summed E-state index contributed by atoms with van der Waals surface area (Å²) in [5.74, 6) is 0.845. The lowest BCUT2D eigenvalue weighted by molar-refractivity contribution is 0.0946. The maximum Gasteiger partial charge on any atom is 0.251 e. The van der Waals surface area contributed by atoms with Gasteiger partial charge in [0.15, 0.2) is 0 Å². The first kappa shape index (κ1) is 29.7. The first-order valence-electron chi connectivity index (χ1n) is 10.8. The molecule has 0 bridgehead atoms. The second-order valence-corrected chi connectivity index (χ2v) is 7.77. The van der Waals surface area contributed by atoms with Crippen LogP contribution in [0.25, 0.3) is 0 Å². The van der Waals surface area contributed by atoms with Gasteiger partial charge in [0.25, 0.3) is 5.91 Å². The molecule has 0 spiro atoms. The monoisotopic (exact) mass is 524 g/mol. The first-order valence-corrected chi connectivity index (χ1v) is 10.8. The van der Waals surface area contributed by atoms with E-state index in [2.05, 4.69) is 38.4 Å². The summed E-state index contributed by atoms with van der Waals surface area (Å²) in [4.78, 5) is 22.7. The highest BCUT2D eigenvalue weighted by molar-refractivity contribution is 5.96. The molecule has 0 saturated heterocycles. The Morgan fingerprint density at radius 1 is 0.941 bits per heavy atom. The zero-order valence-corrected chi connectivity index (χ0v) is 21.3. The summed E-state index contributed by atoms with van der Waals surface area (Å²) in [6.45, 7) is 4.12. The zero-order valence-electron chi connectivity index (χ0n) is 18.9. The standard InChI is InChI=1S/C25H28N4O2.3ClH/c30-25-24-5-4-23(17-22(24)8-13-28-25)31-16-2-14-29(19-21-6-11-26-12-7-21)15-9-20-3-1-10-27-18-20;;;/h1,3-7,10-12,17-18H,2,8-9,13-16,19H2,(H,28,30);3*1H. The number of hydrogen-bond acceptors (Lipinski definition) is 5. The zero-order chi connectivity index (χ0) is 21.3. The quantitative estimate of drug-likeness (QED) is 0.394. The molecule has 2 aromatic heterocycles. The molecule has 6 nitrogen and oxygen atoms in total. The first-order chi connectivity index (χ1) is 15.3. The molecule has 0 radical (unpaired) electrons. The van der Waals surface area contributed by atoms with Crippen LogP contribution < -0.4 is 10.1 Å². The number of nitrogens with one attached hydrogen (secondary N) is 1. The molecular weight excluding hydrogens is 495 g/mol. The molecule has 184 valence electrons. The highest BCUT2D eigenvalue weighted by atomic mass is 35.5. The Hall–Kier alpha value is -2.38. The van der Waals surface area contributed by atoms with Gasteiger partial charge < -0.3 is 10.1 Å². The summed E-state index contributed by atoms with van der Waals surface area (Å²) in [5.41, 5.74) is 4.33. The van der Waals surface area contributed by atoms with Crippen molar-refractivity contribution < 1.29 is 9.53 Å². The van der Waals surface area contributed by atoms with Crippen LogP contribution in [0.2, 0.25) is 0 Å². The van der Waals surface area contributed by atoms with E-state index in [9.17, 15) is 4.79 Å². The molecule has 4 rings (SSSR count). The molecule has 1 amide bonds. The predicted molar refractivity (Wildman–Crippen MR) is 142 cm³/mol. The Kier molecular flexibility index (Phi) is 13.5. The summed E-state index contributed by atoms with van der Waals surface area (Å²) in [6, 6.07) is 14.0. The lowest BCUT2D eigenvalue weighted by atomic mass is 10.0. The number of pyridine rings is 2. The van der Waals surface area contributed by atoms with E-state index in [1.807, 2.05) is 49.1 Å². The van der Waals surface area contributed by atoms with Gasteiger partial charge in [-0.1, -0.05) is 6.07 Å². The fraction of sp³-hybridized carbons (Fsp3) is 0.320. The van der Waals surface area contributed by atoms with Gasteiger partial charge in [-0.15, -0.1) is 37.2 Å². The number of hydrogen-bond donors (Lipinski definition) is 1. The van der Waals surface area contributed by atoms with E-state index >= 15 is 0 Å². The minimum absolute atomic E-state index is 0. The molecular formula is C25H31Cl3N4O2. The van der Waals surface area contributed by atoms with Crippen LogP contribution in [-0.2, 0) is 19.4 Å². The molecule has 3 aromatic rings. The number of nitrogens with zero attached hydrogens (tertiary/aromatic N) is 3. The Balaban J connectivity index is 0.00000193. The van der Waals surface area contributed by atoms with Crippen molar-refractivity contribution in [3.05, 3.63) is 89.5 Å². The number of aromatic nitrogens is 2. The highest BCUT2D eigenvalue weighted by Gasteiger charge is 2.16. The molecule has 0 atom stereocenters. The fourth-order valence-corrected chi connectivity index (χ4v) is 3.82. The number of benzene rings is 1. The highest BCUT2D eigenvalue weighted by Crippen LogP contribution is 2.21. The van der Waals surface area contributed by atoms with Crippen molar-refractivity contribution in [2.24, 2.45) is 0 Å². The van der Waals surface area contributed by atoms with Crippen molar-refractivity contribution in [3.8, 4) is 5.75 Å². The minimum atomic E-state index is 0. The van der Waals surface area contributed by atoms with Gasteiger partial charge in [-0.25, -0.2) is 0 Å². The molecule has 9 heteroatoms. The normalized spacial score (nSPS) is 11.9. The molecule has 1 aliphatic heterocycles. The average molecular weight is 526 g/mol. The van der Waals surface area contributed by atoms with E-state index in [4.69, 9.17) is 4.74 Å². The number of ether oxygens (including phenoxy) is 1. The van der Waals surface area contributed by atoms with Crippen LogP contribution in [0, 0.1) is 0 Å². The molecule has 1 N–H and O–H groups in total. The molecule has 1 aromatic carbocycles. The number of rotatable bonds is 10. The van der Waals surface area contributed by atoms with Crippen LogP contribution in [0.15, 0.2) is 67.3 Å². The Morgan fingerprint density at radius 3 is 2.53 bits per heavy atom. The molecule has 3 heterocycles. The van der Waals surface area contributed by atoms with Crippen LogP contribution in [0.5, 0.6) is 5.75 Å². The smallest absolute Gasteiger partial charge is 0.251 e. The maximum atomic E-state index is 11.9. The van der Waals surface area contributed by atoms with Crippen LogP contribution in [-0.4, -0.2) is 47.0 Å². The van der Waals surface area contributed by atoms with Crippen molar-refractivity contribution in [1.82, 2.24) is 20.2 Å². The largest absolute Gasteiger partial charge is 0.494 e. The third kappa shape index (κ3) is 8.76. The van der Waals surface area contributed by atoms with Crippen molar-refractivity contribution in [3.63, 3.8) is 0 Å². The van der Waals surface area contributed by atoms with E-state index in [0.717, 1.165) is 55.8 Å². The van der Waals surface area contributed by atoms with Gasteiger partial charge in [-0.05, 0) is 72.4 Å². The third-order valence-electron chi connectivity index (χ3n) is 5.48. The van der Waals surface area contributed by atoms with E-state index in [1.54, 1.807) is 0 Å². The van der Waals surface area contributed by atoms with E-state index in [0.29, 0.717) is 13.2 Å². The second kappa shape index (κ2) is 15.5. The van der Waals surface area contributed by atoms with Gasteiger partial charge in [-0.2, -0.15) is 0 Å². The summed E-state index contributed by atoms with van der Waals surface area (Å²) in [6.07, 6.45) is 10.2. The summed E-state index contributed by atoms with van der Waals surface area (Å²) < 4.78 is 5.99. The fourth-order valence-electron chi connectivity index (χ4n) is 3.82. The SMILES string of the molecule is Cl.Cl.Cl.O=C1NCCc2cc(OCCCN(CCc3cccnc3)Cc3ccncc3)ccc21. The van der Waals surface area contributed by atoms with Crippen molar-refractivity contribution >= 4 is 43.1 Å². The van der Waals surface area contributed by atoms with Gasteiger partial charge in [0.1, 0.15) is 5.75 Å². The lowest BCUT2D eigenvalue weighted by Gasteiger charge is -2.23. The topological polar surface area (TPSA) is 67.3 Å². The minimum Gasteiger partial charge on any atom is -0.494 e. The molecule has 0 saturated carbocycles. The van der Waals surface area contributed by atoms with Crippen molar-refractivity contribution in [1.29, 1.82) is 0 Å². The average Bonchev–Trinajstić information content (AvgIpc) is 2.81. The molecule has 34 heavy (non-hydrogen) atoms. The predicted octanol–water partition coefficient (Wildman–Crippen LogP) is 4.54. The third-order valence-corrected chi connectivity index (χ3v) is 5.48. The molecule has 1 aliphatic rings. The van der Waals surface area contributed by atoms with Crippen molar-refractivity contribution in [2.45, 2.75) is 25.8 Å². The van der Waals surface area contributed by atoms with Gasteiger partial charge >= 0.3 is 0 Å². The van der Waals surface area contributed by atoms with Crippen LogP contribution in [0.4, 0.5) is 0 Å². The summed E-state index contributed by atoms with van der Waals surface area (Å²) >= 11 is 0. The van der Waals surface area contributed by atoms with E-state index in [1.165, 1.54) is 11.1 Å². The van der Waals surface area contributed by atoms with Crippen LogP contribution in [0.3, 0.4) is 0 Å². The Labute approximate surface area is 219 Å². The van der Waals surface area contributed by atoms with Gasteiger partial charge in [-0.3, -0.25) is 19.7 Å². The van der Waals surface area contributed by atoms with E-state index in [-0.39, 0.29) is 43.1 Å². The van der Waals surface area contributed by atoms with Gasteiger partial charge in [0, 0.05) is 56.5 Å². The maximum absolute atomic E-state index is 11.9.